The first-order chi connectivity index (χ1) is 7.10. The summed E-state index contributed by atoms with van der Waals surface area (Å²) in [7, 11) is -3.59. The molecule has 0 saturated carbocycles. The molecule has 0 heterocycles. The Labute approximate surface area is 98.8 Å². The van der Waals surface area contributed by atoms with Crippen LogP contribution in [-0.2, 0) is 10.2 Å². The molecule has 0 spiro atoms. The van der Waals surface area contributed by atoms with E-state index in [4.69, 9.17) is 0 Å². The van der Waals surface area contributed by atoms with Gasteiger partial charge in [-0.25, -0.2) is 0 Å². The smallest absolute Gasteiger partial charge is 0.277 e. The average molecular weight is 252 g/mol. The lowest BCUT2D eigenvalue weighted by atomic mass is 9.96. The molecule has 98 valence electrons. The van der Waals surface area contributed by atoms with E-state index in [2.05, 4.69) is 9.44 Å². The number of nitrogens with one attached hydrogen (secondary N) is 2. The van der Waals surface area contributed by atoms with Crippen LogP contribution in [0.5, 0.6) is 0 Å². The van der Waals surface area contributed by atoms with Crippen LogP contribution in [-0.4, -0.2) is 31.2 Å². The number of aliphatic hydroxyl groups excluding tert-OH is 1. The molecule has 6 heteroatoms. The molecule has 0 bridgehead atoms. The van der Waals surface area contributed by atoms with Gasteiger partial charge in [-0.1, -0.05) is 13.8 Å². The summed E-state index contributed by atoms with van der Waals surface area (Å²) in [5.74, 6) is 0. The van der Waals surface area contributed by atoms with Crippen LogP contribution in [0.1, 0.15) is 47.5 Å². The molecule has 0 aliphatic carbocycles. The van der Waals surface area contributed by atoms with Crippen LogP contribution in [0.2, 0.25) is 0 Å². The van der Waals surface area contributed by atoms with Crippen molar-refractivity contribution in [1.82, 2.24) is 9.44 Å². The van der Waals surface area contributed by atoms with Crippen molar-refractivity contribution >= 4 is 10.2 Å². The molecule has 0 saturated heterocycles. The second kappa shape index (κ2) is 5.44. The highest BCUT2D eigenvalue weighted by atomic mass is 32.2. The van der Waals surface area contributed by atoms with Crippen LogP contribution < -0.4 is 9.44 Å². The fourth-order valence-electron chi connectivity index (χ4n) is 1.36. The zero-order chi connectivity index (χ0) is 13.0. The fraction of sp³-hybridized carbons (Fsp3) is 1.00. The first-order valence-corrected chi connectivity index (χ1v) is 7.02. The molecule has 0 aliphatic rings. The third-order valence-electron chi connectivity index (χ3n) is 2.45. The van der Waals surface area contributed by atoms with E-state index < -0.39 is 21.3 Å². The third kappa shape index (κ3) is 5.25. The van der Waals surface area contributed by atoms with Gasteiger partial charge in [0, 0.05) is 5.54 Å². The van der Waals surface area contributed by atoms with Gasteiger partial charge in [-0.2, -0.15) is 17.9 Å². The highest BCUT2D eigenvalue weighted by molar-refractivity contribution is 7.87. The molecule has 0 fully saturated rings. The van der Waals surface area contributed by atoms with Gasteiger partial charge in [0.1, 0.15) is 0 Å². The van der Waals surface area contributed by atoms with E-state index in [1.54, 1.807) is 20.8 Å². The Balaban J connectivity index is 4.81. The van der Waals surface area contributed by atoms with Crippen LogP contribution in [0.15, 0.2) is 0 Å². The average Bonchev–Trinajstić information content (AvgIpc) is 2.10. The summed E-state index contributed by atoms with van der Waals surface area (Å²) in [5.41, 5.74) is -1.30. The molecule has 0 aromatic carbocycles. The summed E-state index contributed by atoms with van der Waals surface area (Å²) in [4.78, 5) is 0. The van der Waals surface area contributed by atoms with E-state index in [1.165, 1.54) is 0 Å². The van der Waals surface area contributed by atoms with E-state index in [0.29, 0.717) is 12.8 Å². The molecule has 0 atom stereocenters. The molecule has 3 N–H and O–H groups in total. The maximum absolute atomic E-state index is 11.8. The second-order valence-electron chi connectivity index (χ2n) is 5.10. The maximum atomic E-state index is 11.8. The Hall–Kier alpha value is -0.170. The maximum Gasteiger partial charge on any atom is 0.277 e. The summed E-state index contributed by atoms with van der Waals surface area (Å²) in [6.45, 7) is 8.80. The zero-order valence-corrected chi connectivity index (χ0v) is 11.6. The lowest BCUT2D eigenvalue weighted by molar-refractivity contribution is 0.171. The lowest BCUT2D eigenvalue weighted by Gasteiger charge is -2.32. The molecule has 0 unspecified atom stereocenters. The van der Waals surface area contributed by atoms with Crippen molar-refractivity contribution in [2.75, 3.05) is 6.61 Å². The standard InChI is InChI=1S/C10H24N2O3S/c1-6-10(7-2,8-13)12-16(14,15)11-9(3,4)5/h11-13H,6-8H2,1-5H3. The van der Waals surface area contributed by atoms with Gasteiger partial charge in [-0.05, 0) is 33.6 Å². The van der Waals surface area contributed by atoms with Gasteiger partial charge in [-0.15, -0.1) is 0 Å². The van der Waals surface area contributed by atoms with Crippen LogP contribution in [0.25, 0.3) is 0 Å². The van der Waals surface area contributed by atoms with Gasteiger partial charge >= 0.3 is 0 Å². The van der Waals surface area contributed by atoms with Crippen LogP contribution in [0.4, 0.5) is 0 Å². The Morgan fingerprint density at radius 1 is 1.06 bits per heavy atom. The molecular weight excluding hydrogens is 228 g/mol. The highest BCUT2D eigenvalue weighted by Crippen LogP contribution is 2.15. The fourth-order valence-corrected chi connectivity index (χ4v) is 3.14. The summed E-state index contributed by atoms with van der Waals surface area (Å²) in [5, 5.41) is 9.28. The predicted molar refractivity (Wildman–Crippen MR) is 65.3 cm³/mol. The number of rotatable bonds is 6. The first-order valence-electron chi connectivity index (χ1n) is 5.53. The van der Waals surface area contributed by atoms with Crippen molar-refractivity contribution < 1.29 is 13.5 Å². The molecule has 16 heavy (non-hydrogen) atoms. The highest BCUT2D eigenvalue weighted by Gasteiger charge is 2.32. The Bertz CT molecular complexity index is 294. The van der Waals surface area contributed by atoms with Gasteiger partial charge in [0.05, 0.1) is 12.1 Å². The number of hydrogen-bond acceptors (Lipinski definition) is 3. The van der Waals surface area contributed by atoms with E-state index in [0.717, 1.165) is 0 Å². The molecule has 0 aromatic heterocycles. The molecule has 0 aliphatic heterocycles. The molecule has 0 aromatic rings. The van der Waals surface area contributed by atoms with Gasteiger partial charge in [0.2, 0.25) is 0 Å². The molecule has 0 rings (SSSR count). The number of hydrogen-bond donors (Lipinski definition) is 3. The number of aliphatic hydroxyl groups is 1. The van der Waals surface area contributed by atoms with Crippen molar-refractivity contribution in [1.29, 1.82) is 0 Å². The van der Waals surface area contributed by atoms with Gasteiger partial charge in [0.25, 0.3) is 10.2 Å². The Morgan fingerprint density at radius 3 is 1.75 bits per heavy atom. The summed E-state index contributed by atoms with van der Waals surface area (Å²) < 4.78 is 28.6. The second-order valence-corrected chi connectivity index (χ2v) is 6.52. The van der Waals surface area contributed by atoms with Crippen molar-refractivity contribution in [2.24, 2.45) is 0 Å². The lowest BCUT2D eigenvalue weighted by Crippen LogP contribution is -2.57. The van der Waals surface area contributed by atoms with E-state index in [9.17, 15) is 13.5 Å². The van der Waals surface area contributed by atoms with E-state index in [1.807, 2.05) is 13.8 Å². The van der Waals surface area contributed by atoms with Crippen molar-refractivity contribution in [2.45, 2.75) is 58.5 Å². The third-order valence-corrected chi connectivity index (χ3v) is 4.03. The van der Waals surface area contributed by atoms with E-state index in [-0.39, 0.29) is 6.61 Å². The first kappa shape index (κ1) is 15.8. The topological polar surface area (TPSA) is 78.4 Å². The summed E-state index contributed by atoms with van der Waals surface area (Å²) >= 11 is 0. The quantitative estimate of drug-likeness (QED) is 0.653. The van der Waals surface area contributed by atoms with Crippen molar-refractivity contribution in [3.05, 3.63) is 0 Å². The Morgan fingerprint density at radius 2 is 1.50 bits per heavy atom. The SMILES string of the molecule is CCC(CC)(CO)NS(=O)(=O)NC(C)(C)C. The molecular formula is C10H24N2O3S. The molecule has 0 amide bonds. The Kier molecular flexibility index (Phi) is 5.38. The van der Waals surface area contributed by atoms with Crippen LogP contribution >= 0.6 is 0 Å². The predicted octanol–water partition coefficient (Wildman–Crippen LogP) is 0.760. The van der Waals surface area contributed by atoms with Gasteiger partial charge in [0.15, 0.2) is 0 Å². The minimum Gasteiger partial charge on any atom is -0.394 e. The summed E-state index contributed by atoms with van der Waals surface area (Å²) in [6.07, 6.45) is 1.09. The largest absolute Gasteiger partial charge is 0.394 e. The minimum atomic E-state index is -3.59. The summed E-state index contributed by atoms with van der Waals surface area (Å²) in [6, 6.07) is 0. The van der Waals surface area contributed by atoms with Gasteiger partial charge < -0.3 is 5.11 Å². The van der Waals surface area contributed by atoms with Crippen LogP contribution in [0, 0.1) is 0 Å². The zero-order valence-electron chi connectivity index (χ0n) is 10.8. The van der Waals surface area contributed by atoms with Crippen LogP contribution in [0.3, 0.4) is 0 Å². The molecule has 0 radical (unpaired) electrons. The minimum absolute atomic E-state index is 0.203. The van der Waals surface area contributed by atoms with Gasteiger partial charge in [-0.3, -0.25) is 0 Å². The molecule has 5 nitrogen and oxygen atoms in total. The monoisotopic (exact) mass is 252 g/mol. The van der Waals surface area contributed by atoms with Crippen molar-refractivity contribution in [3.8, 4) is 0 Å². The van der Waals surface area contributed by atoms with Crippen molar-refractivity contribution in [3.63, 3.8) is 0 Å². The van der Waals surface area contributed by atoms with E-state index >= 15 is 0 Å². The normalized spacial score (nSPS) is 14.1.